The Bertz CT molecular complexity index is 431. The molecule has 0 bridgehead atoms. The lowest BCUT2D eigenvalue weighted by molar-refractivity contribution is -0.136. The highest BCUT2D eigenvalue weighted by Crippen LogP contribution is 2.29. The topological polar surface area (TPSA) is 58.6 Å². The van der Waals surface area contributed by atoms with Crippen LogP contribution in [0.2, 0.25) is 0 Å². The molecule has 1 aliphatic rings. The van der Waals surface area contributed by atoms with Crippen LogP contribution in [0.1, 0.15) is 36.9 Å². The Hall–Kier alpha value is -1.55. The van der Waals surface area contributed by atoms with Crippen molar-refractivity contribution in [3.8, 4) is 5.75 Å². The van der Waals surface area contributed by atoms with Gasteiger partial charge in [0.2, 0.25) is 0 Å². The highest BCUT2D eigenvalue weighted by atomic mass is 16.5. The largest absolute Gasteiger partial charge is 0.493 e. The summed E-state index contributed by atoms with van der Waals surface area (Å²) in [6, 6.07) is 6.46. The van der Waals surface area contributed by atoms with Crippen LogP contribution in [0.3, 0.4) is 0 Å². The average molecular weight is 249 g/mol. The Morgan fingerprint density at radius 1 is 1.56 bits per heavy atom. The maximum atomic E-state index is 10.5. The van der Waals surface area contributed by atoms with Gasteiger partial charge in [0.15, 0.2) is 0 Å². The van der Waals surface area contributed by atoms with E-state index in [0.717, 1.165) is 25.2 Å². The standard InChI is InChI=1S/C14H19NO3/c1-2-12(15-7-5-14(16)17)10-3-4-13-11(9-10)6-8-18-13/h3-4,9,12,15H,2,5-8H2,1H3,(H,16,17). The molecule has 1 heterocycles. The molecule has 2 N–H and O–H groups in total. The number of carboxylic acids is 1. The van der Waals surface area contributed by atoms with Crippen molar-refractivity contribution in [2.24, 2.45) is 0 Å². The molecule has 18 heavy (non-hydrogen) atoms. The van der Waals surface area contributed by atoms with E-state index in [-0.39, 0.29) is 12.5 Å². The molecule has 4 nitrogen and oxygen atoms in total. The van der Waals surface area contributed by atoms with Gasteiger partial charge in [-0.05, 0) is 23.6 Å². The van der Waals surface area contributed by atoms with E-state index in [9.17, 15) is 4.79 Å². The normalized spacial score (nSPS) is 14.9. The lowest BCUT2D eigenvalue weighted by Gasteiger charge is -2.17. The molecular weight excluding hydrogens is 230 g/mol. The molecule has 1 atom stereocenters. The van der Waals surface area contributed by atoms with Crippen LogP contribution in [0.15, 0.2) is 18.2 Å². The SMILES string of the molecule is CCC(NCCC(=O)O)c1ccc2c(c1)CCO2. The maximum Gasteiger partial charge on any atom is 0.304 e. The molecule has 98 valence electrons. The number of hydrogen-bond acceptors (Lipinski definition) is 3. The van der Waals surface area contributed by atoms with Gasteiger partial charge < -0.3 is 15.2 Å². The summed E-state index contributed by atoms with van der Waals surface area (Å²) in [5.41, 5.74) is 2.47. The Balaban J connectivity index is 2.01. The molecule has 1 aromatic carbocycles. The Labute approximate surface area is 107 Å². The van der Waals surface area contributed by atoms with Crippen molar-refractivity contribution in [2.45, 2.75) is 32.2 Å². The van der Waals surface area contributed by atoms with Gasteiger partial charge in [0, 0.05) is 19.0 Å². The van der Waals surface area contributed by atoms with Gasteiger partial charge in [-0.1, -0.05) is 19.1 Å². The summed E-state index contributed by atoms with van der Waals surface area (Å²) in [4.78, 5) is 10.5. The van der Waals surface area contributed by atoms with E-state index in [2.05, 4.69) is 24.4 Å². The van der Waals surface area contributed by atoms with Crippen molar-refractivity contribution < 1.29 is 14.6 Å². The predicted octanol–water partition coefficient (Wildman–Crippen LogP) is 2.14. The smallest absolute Gasteiger partial charge is 0.304 e. The third-order valence-electron chi connectivity index (χ3n) is 3.25. The molecule has 0 spiro atoms. The van der Waals surface area contributed by atoms with E-state index < -0.39 is 5.97 Å². The molecule has 1 unspecified atom stereocenters. The summed E-state index contributed by atoms with van der Waals surface area (Å²) >= 11 is 0. The quantitative estimate of drug-likeness (QED) is 0.811. The minimum absolute atomic E-state index is 0.157. The number of ether oxygens (including phenoxy) is 1. The fraction of sp³-hybridized carbons (Fsp3) is 0.500. The first kappa shape index (κ1) is 12.9. The van der Waals surface area contributed by atoms with Gasteiger partial charge in [0.25, 0.3) is 0 Å². The minimum Gasteiger partial charge on any atom is -0.493 e. The molecule has 0 aromatic heterocycles. The Morgan fingerprint density at radius 2 is 2.39 bits per heavy atom. The molecule has 2 rings (SSSR count). The van der Waals surface area contributed by atoms with Crippen molar-refractivity contribution in [2.75, 3.05) is 13.2 Å². The molecule has 0 fully saturated rings. The number of carbonyl (C=O) groups is 1. The van der Waals surface area contributed by atoms with E-state index in [1.54, 1.807) is 0 Å². The Kier molecular flexibility index (Phi) is 4.20. The van der Waals surface area contributed by atoms with E-state index in [1.165, 1.54) is 11.1 Å². The first-order chi connectivity index (χ1) is 8.70. The van der Waals surface area contributed by atoms with Crippen LogP contribution in [0.5, 0.6) is 5.75 Å². The highest BCUT2D eigenvalue weighted by Gasteiger charge is 2.15. The summed E-state index contributed by atoms with van der Waals surface area (Å²) < 4.78 is 5.48. The van der Waals surface area contributed by atoms with E-state index >= 15 is 0 Å². The van der Waals surface area contributed by atoms with Gasteiger partial charge in [0.1, 0.15) is 5.75 Å². The molecule has 1 aliphatic heterocycles. The molecule has 4 heteroatoms. The van der Waals surface area contributed by atoms with E-state index in [4.69, 9.17) is 9.84 Å². The first-order valence-electron chi connectivity index (χ1n) is 6.41. The molecule has 0 saturated heterocycles. The first-order valence-corrected chi connectivity index (χ1v) is 6.41. The zero-order valence-corrected chi connectivity index (χ0v) is 10.6. The fourth-order valence-corrected chi connectivity index (χ4v) is 2.27. The Morgan fingerprint density at radius 3 is 3.11 bits per heavy atom. The number of aliphatic carboxylic acids is 1. The summed E-state index contributed by atoms with van der Waals surface area (Å²) in [6.45, 7) is 3.37. The lowest BCUT2D eigenvalue weighted by Crippen LogP contribution is -2.23. The zero-order chi connectivity index (χ0) is 13.0. The van der Waals surface area contributed by atoms with Gasteiger partial charge in [-0.2, -0.15) is 0 Å². The lowest BCUT2D eigenvalue weighted by atomic mass is 10.0. The fourth-order valence-electron chi connectivity index (χ4n) is 2.27. The summed E-state index contributed by atoms with van der Waals surface area (Å²) in [7, 11) is 0. The number of carboxylic acid groups (broad SMARTS) is 1. The van der Waals surface area contributed by atoms with Gasteiger partial charge in [0.05, 0.1) is 13.0 Å². The summed E-state index contributed by atoms with van der Waals surface area (Å²) in [5.74, 6) is 0.221. The van der Waals surface area contributed by atoms with Crippen LogP contribution < -0.4 is 10.1 Å². The van der Waals surface area contributed by atoms with Gasteiger partial charge in [-0.15, -0.1) is 0 Å². The third kappa shape index (κ3) is 3.01. The molecular formula is C14H19NO3. The van der Waals surface area contributed by atoms with Crippen LogP contribution in [-0.2, 0) is 11.2 Å². The molecule has 0 saturated carbocycles. The van der Waals surface area contributed by atoms with Crippen molar-refractivity contribution in [3.63, 3.8) is 0 Å². The van der Waals surface area contributed by atoms with Gasteiger partial charge in [-0.25, -0.2) is 0 Å². The molecule has 1 aromatic rings. The third-order valence-corrected chi connectivity index (χ3v) is 3.25. The van der Waals surface area contributed by atoms with E-state index in [0.29, 0.717) is 6.54 Å². The van der Waals surface area contributed by atoms with Crippen molar-refractivity contribution in [1.29, 1.82) is 0 Å². The summed E-state index contributed by atoms with van der Waals surface area (Å²) in [5, 5.41) is 11.9. The van der Waals surface area contributed by atoms with E-state index in [1.807, 2.05) is 6.07 Å². The van der Waals surface area contributed by atoms with Crippen LogP contribution in [0.25, 0.3) is 0 Å². The second-order valence-electron chi connectivity index (χ2n) is 4.52. The minimum atomic E-state index is -0.764. The van der Waals surface area contributed by atoms with Crippen molar-refractivity contribution in [1.82, 2.24) is 5.32 Å². The highest BCUT2D eigenvalue weighted by molar-refractivity contribution is 5.66. The summed E-state index contributed by atoms with van der Waals surface area (Å²) in [6.07, 6.45) is 2.07. The molecule has 0 aliphatic carbocycles. The van der Waals surface area contributed by atoms with Crippen LogP contribution >= 0.6 is 0 Å². The monoisotopic (exact) mass is 249 g/mol. The number of fused-ring (bicyclic) bond motifs is 1. The van der Waals surface area contributed by atoms with Crippen molar-refractivity contribution in [3.05, 3.63) is 29.3 Å². The average Bonchev–Trinajstić information content (AvgIpc) is 2.81. The zero-order valence-electron chi connectivity index (χ0n) is 10.6. The second kappa shape index (κ2) is 5.87. The molecule has 0 amide bonds. The van der Waals surface area contributed by atoms with Gasteiger partial charge in [-0.3, -0.25) is 4.79 Å². The maximum absolute atomic E-state index is 10.5. The van der Waals surface area contributed by atoms with Crippen molar-refractivity contribution >= 4 is 5.97 Å². The van der Waals surface area contributed by atoms with Crippen LogP contribution in [0, 0.1) is 0 Å². The number of hydrogen-bond donors (Lipinski definition) is 2. The van der Waals surface area contributed by atoms with Crippen LogP contribution in [0.4, 0.5) is 0 Å². The number of benzene rings is 1. The predicted molar refractivity (Wildman–Crippen MR) is 68.9 cm³/mol. The second-order valence-corrected chi connectivity index (χ2v) is 4.52. The number of nitrogens with one attached hydrogen (secondary N) is 1. The molecule has 0 radical (unpaired) electrons. The number of rotatable bonds is 6. The van der Waals surface area contributed by atoms with Gasteiger partial charge >= 0.3 is 5.97 Å². The van der Waals surface area contributed by atoms with Crippen LogP contribution in [-0.4, -0.2) is 24.2 Å².